The minimum atomic E-state index is -0.0869. The summed E-state index contributed by atoms with van der Waals surface area (Å²) in [4.78, 5) is 17.8. The molecule has 104 valence electrons. The van der Waals surface area contributed by atoms with Crippen LogP contribution in [0, 0.1) is 0 Å². The van der Waals surface area contributed by atoms with Crippen LogP contribution in [-0.4, -0.2) is 29.4 Å². The van der Waals surface area contributed by atoms with Crippen LogP contribution in [0.4, 0.5) is 0 Å². The van der Waals surface area contributed by atoms with Crippen LogP contribution in [0.15, 0.2) is 48.8 Å². The molecule has 4 heteroatoms. The van der Waals surface area contributed by atoms with Crippen LogP contribution < -0.4 is 0 Å². The van der Waals surface area contributed by atoms with Crippen molar-refractivity contribution in [3.8, 4) is 0 Å². The van der Waals surface area contributed by atoms with Crippen molar-refractivity contribution in [2.24, 2.45) is 0 Å². The van der Waals surface area contributed by atoms with Gasteiger partial charge in [0.15, 0.2) is 0 Å². The molecule has 0 saturated carbocycles. The largest absolute Gasteiger partial charge is 0.342 e. The number of aromatic nitrogens is 1. The standard InChI is InChI=1S/C16H17ClN2O/c1-19(11-5-8-13-6-3-2-4-7-13)16(20)14-12-18-10-9-15(14)17/h2-4,6-7,9-10,12H,5,8,11H2,1H3. The number of rotatable bonds is 5. The molecule has 0 radical (unpaired) electrons. The third-order valence-corrected chi connectivity index (χ3v) is 3.48. The fraction of sp³-hybridized carbons (Fsp3) is 0.250. The van der Waals surface area contributed by atoms with E-state index in [9.17, 15) is 4.79 Å². The molecule has 0 N–H and O–H groups in total. The average Bonchev–Trinajstić information content (AvgIpc) is 2.48. The van der Waals surface area contributed by atoms with Crippen molar-refractivity contribution in [3.63, 3.8) is 0 Å². The van der Waals surface area contributed by atoms with Crippen molar-refractivity contribution in [2.75, 3.05) is 13.6 Å². The van der Waals surface area contributed by atoms with Gasteiger partial charge in [-0.1, -0.05) is 41.9 Å². The maximum atomic E-state index is 12.2. The summed E-state index contributed by atoms with van der Waals surface area (Å²) in [5.41, 5.74) is 1.74. The van der Waals surface area contributed by atoms with E-state index >= 15 is 0 Å². The average molecular weight is 289 g/mol. The molecule has 3 nitrogen and oxygen atoms in total. The molecule has 0 atom stereocenters. The van der Waals surface area contributed by atoms with E-state index in [0.717, 1.165) is 12.8 Å². The van der Waals surface area contributed by atoms with Gasteiger partial charge in [0.2, 0.25) is 0 Å². The normalized spacial score (nSPS) is 10.3. The van der Waals surface area contributed by atoms with Crippen molar-refractivity contribution in [3.05, 3.63) is 64.9 Å². The lowest BCUT2D eigenvalue weighted by Crippen LogP contribution is -2.28. The topological polar surface area (TPSA) is 33.2 Å². The molecule has 1 aromatic heterocycles. The Morgan fingerprint density at radius 1 is 1.25 bits per heavy atom. The second-order valence-electron chi connectivity index (χ2n) is 4.67. The Balaban J connectivity index is 1.87. The highest BCUT2D eigenvalue weighted by Crippen LogP contribution is 2.15. The van der Waals surface area contributed by atoms with Crippen LogP contribution in [0.1, 0.15) is 22.3 Å². The number of pyridine rings is 1. The van der Waals surface area contributed by atoms with Gasteiger partial charge in [0.25, 0.3) is 5.91 Å². The summed E-state index contributed by atoms with van der Waals surface area (Å²) in [5, 5.41) is 0.444. The smallest absolute Gasteiger partial charge is 0.256 e. The summed E-state index contributed by atoms with van der Waals surface area (Å²) < 4.78 is 0. The van der Waals surface area contributed by atoms with Crippen molar-refractivity contribution < 1.29 is 4.79 Å². The fourth-order valence-corrected chi connectivity index (χ4v) is 2.19. The first kappa shape index (κ1) is 14.5. The van der Waals surface area contributed by atoms with E-state index in [1.54, 1.807) is 24.2 Å². The van der Waals surface area contributed by atoms with E-state index in [0.29, 0.717) is 17.1 Å². The number of halogens is 1. The maximum Gasteiger partial charge on any atom is 0.256 e. The molecule has 0 bridgehead atoms. The number of nitrogens with zero attached hydrogens (tertiary/aromatic N) is 2. The molecule has 0 aliphatic rings. The summed E-state index contributed by atoms with van der Waals surface area (Å²) in [5.74, 6) is -0.0869. The molecule has 0 aliphatic heterocycles. The van der Waals surface area contributed by atoms with Crippen LogP contribution in [0.25, 0.3) is 0 Å². The Morgan fingerprint density at radius 3 is 2.70 bits per heavy atom. The first-order valence-electron chi connectivity index (χ1n) is 6.57. The van der Waals surface area contributed by atoms with Crippen LogP contribution >= 0.6 is 11.6 Å². The molecular weight excluding hydrogens is 272 g/mol. The molecule has 1 aromatic carbocycles. The summed E-state index contributed by atoms with van der Waals surface area (Å²) in [6.07, 6.45) is 4.97. The van der Waals surface area contributed by atoms with Gasteiger partial charge in [-0.15, -0.1) is 0 Å². The minimum absolute atomic E-state index is 0.0869. The number of carbonyl (C=O) groups is 1. The zero-order valence-electron chi connectivity index (χ0n) is 11.4. The lowest BCUT2D eigenvalue weighted by molar-refractivity contribution is 0.0793. The first-order valence-corrected chi connectivity index (χ1v) is 6.95. The second-order valence-corrected chi connectivity index (χ2v) is 5.08. The van der Waals surface area contributed by atoms with Gasteiger partial charge in [-0.25, -0.2) is 0 Å². The third kappa shape index (κ3) is 3.81. The lowest BCUT2D eigenvalue weighted by atomic mass is 10.1. The number of carbonyl (C=O) groups excluding carboxylic acids is 1. The Kier molecular flexibility index (Phi) is 5.13. The predicted octanol–water partition coefficient (Wildman–Crippen LogP) is 3.44. The number of amides is 1. The van der Waals surface area contributed by atoms with Gasteiger partial charge in [-0.05, 0) is 24.5 Å². The molecule has 0 aliphatic carbocycles. The molecule has 2 aromatic rings. The molecule has 20 heavy (non-hydrogen) atoms. The van der Waals surface area contributed by atoms with Gasteiger partial charge >= 0.3 is 0 Å². The first-order chi connectivity index (χ1) is 9.68. The summed E-state index contributed by atoms with van der Waals surface area (Å²) in [6.45, 7) is 0.693. The zero-order valence-corrected chi connectivity index (χ0v) is 12.2. The van der Waals surface area contributed by atoms with Gasteiger partial charge in [-0.3, -0.25) is 9.78 Å². The molecule has 0 spiro atoms. The Hall–Kier alpha value is -1.87. The monoisotopic (exact) mass is 288 g/mol. The predicted molar refractivity (Wildman–Crippen MR) is 81.0 cm³/mol. The summed E-state index contributed by atoms with van der Waals surface area (Å²) in [6, 6.07) is 11.9. The van der Waals surface area contributed by atoms with Gasteiger partial charge in [0.1, 0.15) is 0 Å². The zero-order chi connectivity index (χ0) is 14.4. The van der Waals surface area contributed by atoms with Crippen LogP contribution in [-0.2, 0) is 6.42 Å². The molecule has 0 fully saturated rings. The van der Waals surface area contributed by atoms with E-state index in [2.05, 4.69) is 17.1 Å². The third-order valence-electron chi connectivity index (χ3n) is 3.15. The van der Waals surface area contributed by atoms with Gasteiger partial charge in [0.05, 0.1) is 10.6 Å². The molecule has 1 heterocycles. The van der Waals surface area contributed by atoms with Gasteiger partial charge < -0.3 is 4.90 Å². The Bertz CT molecular complexity index is 572. The summed E-state index contributed by atoms with van der Waals surface area (Å²) >= 11 is 6.01. The fourth-order valence-electron chi connectivity index (χ4n) is 2.01. The van der Waals surface area contributed by atoms with Crippen molar-refractivity contribution in [1.29, 1.82) is 0 Å². The van der Waals surface area contributed by atoms with Crippen LogP contribution in [0.3, 0.4) is 0 Å². The number of benzene rings is 1. The van der Waals surface area contributed by atoms with Crippen LogP contribution in [0.5, 0.6) is 0 Å². The molecule has 2 rings (SSSR count). The van der Waals surface area contributed by atoms with Gasteiger partial charge in [-0.2, -0.15) is 0 Å². The van der Waals surface area contributed by atoms with E-state index in [1.165, 1.54) is 11.8 Å². The quantitative estimate of drug-likeness (QED) is 0.844. The van der Waals surface area contributed by atoms with Crippen molar-refractivity contribution >= 4 is 17.5 Å². The maximum absolute atomic E-state index is 12.2. The number of hydrogen-bond acceptors (Lipinski definition) is 2. The molecule has 0 saturated heterocycles. The summed E-state index contributed by atoms with van der Waals surface area (Å²) in [7, 11) is 1.79. The van der Waals surface area contributed by atoms with Crippen LogP contribution in [0.2, 0.25) is 5.02 Å². The Morgan fingerprint density at radius 2 is 2.00 bits per heavy atom. The molecular formula is C16H17ClN2O. The minimum Gasteiger partial charge on any atom is -0.342 e. The van der Waals surface area contributed by atoms with Gasteiger partial charge in [0, 0.05) is 26.0 Å². The van der Waals surface area contributed by atoms with E-state index in [1.807, 2.05) is 18.2 Å². The Labute approximate surface area is 124 Å². The molecule has 0 unspecified atom stereocenters. The van der Waals surface area contributed by atoms with E-state index in [-0.39, 0.29) is 5.91 Å². The van der Waals surface area contributed by atoms with Crippen molar-refractivity contribution in [2.45, 2.75) is 12.8 Å². The highest BCUT2D eigenvalue weighted by Gasteiger charge is 2.14. The second kappa shape index (κ2) is 7.06. The lowest BCUT2D eigenvalue weighted by Gasteiger charge is -2.17. The van der Waals surface area contributed by atoms with E-state index in [4.69, 9.17) is 11.6 Å². The van der Waals surface area contributed by atoms with E-state index < -0.39 is 0 Å². The van der Waals surface area contributed by atoms with Crippen molar-refractivity contribution in [1.82, 2.24) is 9.88 Å². The molecule has 1 amide bonds. The number of hydrogen-bond donors (Lipinski definition) is 0. The number of aryl methyl sites for hydroxylation is 1. The SMILES string of the molecule is CN(CCCc1ccccc1)C(=O)c1cnccc1Cl. The highest BCUT2D eigenvalue weighted by molar-refractivity contribution is 6.33. The highest BCUT2D eigenvalue weighted by atomic mass is 35.5.